The van der Waals surface area contributed by atoms with Gasteiger partial charge >= 0.3 is 5.69 Å². The van der Waals surface area contributed by atoms with Crippen molar-refractivity contribution in [2.45, 2.75) is 6.42 Å². The highest BCUT2D eigenvalue weighted by atomic mass is 16.6. The summed E-state index contributed by atoms with van der Waals surface area (Å²) in [6.45, 7) is 0.510. The smallest absolute Gasteiger partial charge is 0.305 e. The normalized spacial score (nSPS) is 10.1. The van der Waals surface area contributed by atoms with Crippen LogP contribution in [0.25, 0.3) is 0 Å². The van der Waals surface area contributed by atoms with E-state index >= 15 is 0 Å². The van der Waals surface area contributed by atoms with Gasteiger partial charge in [0.05, 0.1) is 9.85 Å². The molecule has 0 fully saturated rings. The molecular weight excluding hydrogens is 278 g/mol. The van der Waals surface area contributed by atoms with Crippen LogP contribution in [-0.2, 0) is 6.42 Å². The number of nitro benzene ring substituents is 1. The number of aromatic nitrogens is 2. The zero-order valence-electron chi connectivity index (χ0n) is 10.8. The Hall–Kier alpha value is -3.10. The maximum Gasteiger partial charge on any atom is 0.305 e. The van der Waals surface area contributed by atoms with Crippen molar-refractivity contribution in [1.29, 1.82) is 0 Å². The van der Waals surface area contributed by atoms with E-state index in [0.29, 0.717) is 18.9 Å². The Kier molecular flexibility index (Phi) is 4.34. The van der Waals surface area contributed by atoms with Crippen LogP contribution < -0.4 is 5.32 Å². The summed E-state index contributed by atoms with van der Waals surface area (Å²) in [6, 6.07) is 6.24. The van der Waals surface area contributed by atoms with Crippen LogP contribution in [-0.4, -0.2) is 26.4 Å². The summed E-state index contributed by atoms with van der Waals surface area (Å²) in [5.74, 6) is 0.294. The molecule has 0 aliphatic rings. The summed E-state index contributed by atoms with van der Waals surface area (Å²) in [7, 11) is 0. The highest BCUT2D eigenvalue weighted by molar-refractivity contribution is 5.34. The minimum Gasteiger partial charge on any atom is -0.354 e. The first-order valence-corrected chi connectivity index (χ1v) is 6.00. The van der Waals surface area contributed by atoms with Crippen molar-refractivity contribution in [1.82, 2.24) is 9.97 Å². The Bertz CT molecular complexity index is 584. The monoisotopic (exact) mass is 289 g/mol. The minimum atomic E-state index is -0.569. The summed E-state index contributed by atoms with van der Waals surface area (Å²) in [5, 5.41) is 23.9. The van der Waals surface area contributed by atoms with E-state index in [0.717, 1.165) is 18.0 Å². The minimum absolute atomic E-state index is 0.0467. The first kappa shape index (κ1) is 14.3. The molecule has 2 rings (SSSR count). The molecule has 1 heterocycles. The number of nitrogens with one attached hydrogen (secondary N) is 1. The van der Waals surface area contributed by atoms with Gasteiger partial charge in [-0.2, -0.15) is 0 Å². The van der Waals surface area contributed by atoms with Crippen molar-refractivity contribution in [3.05, 3.63) is 62.5 Å². The van der Waals surface area contributed by atoms with E-state index in [1.54, 1.807) is 12.1 Å². The van der Waals surface area contributed by atoms with Crippen LogP contribution in [0, 0.1) is 20.2 Å². The highest BCUT2D eigenvalue weighted by Crippen LogP contribution is 2.12. The predicted octanol–water partition coefficient (Wildman–Crippen LogP) is 1.95. The van der Waals surface area contributed by atoms with Gasteiger partial charge < -0.3 is 5.32 Å². The molecule has 2 aromatic rings. The maximum atomic E-state index is 10.5. The molecule has 1 aromatic carbocycles. The summed E-state index contributed by atoms with van der Waals surface area (Å²) >= 11 is 0. The lowest BCUT2D eigenvalue weighted by Gasteiger charge is -2.04. The second-order valence-corrected chi connectivity index (χ2v) is 4.12. The van der Waals surface area contributed by atoms with Crippen LogP contribution in [0.4, 0.5) is 17.3 Å². The third kappa shape index (κ3) is 3.93. The van der Waals surface area contributed by atoms with Gasteiger partial charge in [0, 0.05) is 18.7 Å². The van der Waals surface area contributed by atoms with Gasteiger partial charge in [0.25, 0.3) is 5.69 Å². The third-order valence-electron chi connectivity index (χ3n) is 2.69. The maximum absolute atomic E-state index is 10.5. The molecule has 0 radical (unpaired) electrons. The molecule has 0 unspecified atom stereocenters. The zero-order valence-corrected chi connectivity index (χ0v) is 10.8. The van der Waals surface area contributed by atoms with Crippen LogP contribution >= 0.6 is 0 Å². The van der Waals surface area contributed by atoms with Crippen molar-refractivity contribution in [2.75, 3.05) is 11.9 Å². The number of anilines is 1. The van der Waals surface area contributed by atoms with Crippen LogP contribution in [0.5, 0.6) is 0 Å². The van der Waals surface area contributed by atoms with Crippen molar-refractivity contribution in [3.63, 3.8) is 0 Å². The number of non-ortho nitro benzene ring substituents is 1. The summed E-state index contributed by atoms with van der Waals surface area (Å²) < 4.78 is 0. The second kappa shape index (κ2) is 6.37. The van der Waals surface area contributed by atoms with Gasteiger partial charge in [-0.05, 0) is 12.0 Å². The lowest BCUT2D eigenvalue weighted by Crippen LogP contribution is -2.08. The molecule has 108 valence electrons. The van der Waals surface area contributed by atoms with E-state index in [1.165, 1.54) is 12.1 Å². The zero-order chi connectivity index (χ0) is 15.2. The summed E-state index contributed by atoms with van der Waals surface area (Å²) in [4.78, 5) is 27.6. The standard InChI is InChI=1S/C12H11N5O4/c18-16(19)10-3-1-9(2-4-10)5-6-13-12-14-7-11(8-15-12)17(20)21/h1-4,7-8H,5-6H2,(H,13,14,15). The lowest BCUT2D eigenvalue weighted by molar-refractivity contribution is -0.385. The van der Waals surface area contributed by atoms with E-state index in [4.69, 9.17) is 0 Å². The Balaban J connectivity index is 1.86. The Morgan fingerprint density at radius 1 is 0.952 bits per heavy atom. The molecule has 9 nitrogen and oxygen atoms in total. The van der Waals surface area contributed by atoms with Gasteiger partial charge in [0.2, 0.25) is 5.95 Å². The molecule has 0 saturated carbocycles. The number of rotatable bonds is 6. The molecule has 1 N–H and O–H groups in total. The SMILES string of the molecule is O=[N+]([O-])c1ccc(CCNc2ncc([N+](=O)[O-])cn2)cc1. The fourth-order valence-electron chi connectivity index (χ4n) is 1.61. The number of hydrogen-bond acceptors (Lipinski definition) is 7. The average Bonchev–Trinajstić information content (AvgIpc) is 2.48. The van der Waals surface area contributed by atoms with Gasteiger partial charge in [-0.15, -0.1) is 0 Å². The molecule has 0 amide bonds. The van der Waals surface area contributed by atoms with Crippen molar-refractivity contribution >= 4 is 17.3 Å². The Labute approximate surface area is 119 Å². The molecule has 0 aliphatic carbocycles. The molecule has 0 atom stereocenters. The average molecular weight is 289 g/mol. The molecule has 0 bridgehead atoms. The van der Waals surface area contributed by atoms with Gasteiger partial charge in [0.1, 0.15) is 12.4 Å². The van der Waals surface area contributed by atoms with Gasteiger partial charge in [-0.1, -0.05) is 12.1 Å². The van der Waals surface area contributed by atoms with E-state index in [-0.39, 0.29) is 11.4 Å². The molecule has 0 saturated heterocycles. The van der Waals surface area contributed by atoms with Gasteiger partial charge in [0.15, 0.2) is 0 Å². The predicted molar refractivity (Wildman–Crippen MR) is 74.0 cm³/mol. The fraction of sp³-hybridized carbons (Fsp3) is 0.167. The molecule has 1 aromatic heterocycles. The first-order valence-electron chi connectivity index (χ1n) is 6.00. The van der Waals surface area contributed by atoms with E-state index < -0.39 is 9.85 Å². The second-order valence-electron chi connectivity index (χ2n) is 4.12. The van der Waals surface area contributed by atoms with Crippen LogP contribution in [0.2, 0.25) is 0 Å². The number of nitrogens with zero attached hydrogens (tertiary/aromatic N) is 4. The van der Waals surface area contributed by atoms with Crippen molar-refractivity contribution in [2.24, 2.45) is 0 Å². The topological polar surface area (TPSA) is 124 Å². The Morgan fingerprint density at radius 3 is 2.05 bits per heavy atom. The number of hydrogen-bond donors (Lipinski definition) is 1. The Morgan fingerprint density at radius 2 is 1.52 bits per heavy atom. The van der Waals surface area contributed by atoms with Crippen molar-refractivity contribution < 1.29 is 9.85 Å². The van der Waals surface area contributed by atoms with Gasteiger partial charge in [-0.25, -0.2) is 9.97 Å². The molecular formula is C12H11N5O4. The van der Waals surface area contributed by atoms with Crippen LogP contribution in [0.1, 0.15) is 5.56 Å². The molecule has 21 heavy (non-hydrogen) atoms. The van der Waals surface area contributed by atoms with Crippen LogP contribution in [0.15, 0.2) is 36.7 Å². The largest absolute Gasteiger partial charge is 0.354 e. The van der Waals surface area contributed by atoms with E-state index in [2.05, 4.69) is 15.3 Å². The van der Waals surface area contributed by atoms with Crippen LogP contribution in [0.3, 0.4) is 0 Å². The van der Waals surface area contributed by atoms with Gasteiger partial charge in [-0.3, -0.25) is 20.2 Å². The number of benzene rings is 1. The lowest BCUT2D eigenvalue weighted by atomic mass is 10.1. The third-order valence-corrected chi connectivity index (χ3v) is 2.69. The number of nitro groups is 2. The molecule has 0 spiro atoms. The first-order chi connectivity index (χ1) is 10.1. The summed E-state index contributed by atoms with van der Waals surface area (Å²) in [5.41, 5.74) is 0.802. The van der Waals surface area contributed by atoms with Crippen molar-refractivity contribution in [3.8, 4) is 0 Å². The summed E-state index contributed by atoms with van der Waals surface area (Å²) in [6.07, 6.45) is 2.88. The molecule has 0 aliphatic heterocycles. The fourth-order valence-corrected chi connectivity index (χ4v) is 1.61. The quantitative estimate of drug-likeness (QED) is 0.636. The highest BCUT2D eigenvalue weighted by Gasteiger charge is 2.06. The molecule has 9 heteroatoms. The van der Waals surface area contributed by atoms with E-state index in [9.17, 15) is 20.2 Å². The van der Waals surface area contributed by atoms with E-state index in [1.807, 2.05) is 0 Å².